The number of rotatable bonds is 2. The molecule has 6 nitrogen and oxygen atoms in total. The highest BCUT2D eigenvalue weighted by Gasteiger charge is 2.52. The van der Waals surface area contributed by atoms with Crippen LogP contribution in [-0.4, -0.2) is 27.5 Å². The molecule has 108 valence electrons. The Morgan fingerprint density at radius 3 is 2.75 bits per heavy atom. The summed E-state index contributed by atoms with van der Waals surface area (Å²) in [5.74, 6) is 1.03. The lowest BCUT2D eigenvalue weighted by atomic mass is 9.77. The fraction of sp³-hybridized carbons (Fsp3) is 0.643. The van der Waals surface area contributed by atoms with Crippen LogP contribution < -0.4 is 5.32 Å². The van der Waals surface area contributed by atoms with Crippen LogP contribution in [0.2, 0.25) is 0 Å². The van der Waals surface area contributed by atoms with E-state index < -0.39 is 5.54 Å². The van der Waals surface area contributed by atoms with Crippen LogP contribution >= 0.6 is 0 Å². The molecule has 0 bridgehead atoms. The van der Waals surface area contributed by atoms with Crippen molar-refractivity contribution < 1.29 is 14.1 Å². The summed E-state index contributed by atoms with van der Waals surface area (Å²) in [4.78, 5) is 25.9. The van der Waals surface area contributed by atoms with Crippen molar-refractivity contribution in [3.63, 3.8) is 0 Å². The predicted octanol–water partition coefficient (Wildman–Crippen LogP) is 1.98. The van der Waals surface area contributed by atoms with Crippen LogP contribution in [-0.2, 0) is 11.3 Å². The summed E-state index contributed by atoms with van der Waals surface area (Å²) in [6, 6.07) is 1.42. The molecule has 3 rings (SSSR count). The van der Waals surface area contributed by atoms with E-state index in [-0.39, 0.29) is 18.5 Å². The second-order valence-electron chi connectivity index (χ2n) is 6.02. The standard InChI is InChI=1S/C14H19N3O3/c1-9-3-5-14(6-4-9)12(18)17(13(19)15-14)8-11-7-10(2)16-20-11/h7,9H,3-6,8H2,1-2H3,(H,15,19). The Hall–Kier alpha value is -1.85. The fourth-order valence-corrected chi connectivity index (χ4v) is 3.06. The van der Waals surface area contributed by atoms with Gasteiger partial charge in [0.05, 0.1) is 12.2 Å². The molecule has 1 aliphatic carbocycles. The molecule has 2 aliphatic rings. The van der Waals surface area contributed by atoms with Crippen LogP contribution in [0.5, 0.6) is 0 Å². The van der Waals surface area contributed by atoms with E-state index in [1.165, 1.54) is 4.90 Å². The van der Waals surface area contributed by atoms with Gasteiger partial charge in [0, 0.05) is 6.07 Å². The highest BCUT2D eigenvalue weighted by atomic mass is 16.5. The van der Waals surface area contributed by atoms with E-state index >= 15 is 0 Å². The zero-order chi connectivity index (χ0) is 14.3. The Bertz CT molecular complexity index is 544. The van der Waals surface area contributed by atoms with Crippen LogP contribution in [0.3, 0.4) is 0 Å². The molecule has 2 heterocycles. The Kier molecular flexibility index (Phi) is 3.03. The van der Waals surface area contributed by atoms with Crippen molar-refractivity contribution in [1.29, 1.82) is 0 Å². The number of carbonyl (C=O) groups excluding carboxylic acids is 2. The van der Waals surface area contributed by atoms with Gasteiger partial charge >= 0.3 is 6.03 Å². The van der Waals surface area contributed by atoms with Gasteiger partial charge < -0.3 is 9.84 Å². The monoisotopic (exact) mass is 277 g/mol. The highest BCUT2D eigenvalue weighted by Crippen LogP contribution is 2.36. The zero-order valence-corrected chi connectivity index (χ0v) is 11.8. The summed E-state index contributed by atoms with van der Waals surface area (Å²) in [6.07, 6.45) is 3.40. The number of amides is 3. The minimum absolute atomic E-state index is 0.122. The molecular formula is C14H19N3O3. The summed E-state index contributed by atoms with van der Waals surface area (Å²) in [5.41, 5.74) is 0.0619. The average Bonchev–Trinajstić information content (AvgIpc) is 2.92. The number of nitrogens with one attached hydrogen (secondary N) is 1. The Balaban J connectivity index is 1.77. The van der Waals surface area contributed by atoms with Crippen molar-refractivity contribution in [2.24, 2.45) is 5.92 Å². The minimum atomic E-state index is -0.682. The number of hydrogen-bond acceptors (Lipinski definition) is 4. The highest BCUT2D eigenvalue weighted by molar-refractivity contribution is 6.07. The number of urea groups is 1. The van der Waals surface area contributed by atoms with E-state index in [9.17, 15) is 9.59 Å². The van der Waals surface area contributed by atoms with Gasteiger partial charge in [0.2, 0.25) is 0 Å². The van der Waals surface area contributed by atoms with Gasteiger partial charge in [0.15, 0.2) is 5.76 Å². The van der Waals surface area contributed by atoms with Crippen molar-refractivity contribution in [3.05, 3.63) is 17.5 Å². The van der Waals surface area contributed by atoms with Crippen molar-refractivity contribution in [3.8, 4) is 0 Å². The number of imide groups is 1. The third kappa shape index (κ3) is 2.09. The third-order valence-corrected chi connectivity index (χ3v) is 4.36. The van der Waals surface area contributed by atoms with E-state index in [1.807, 2.05) is 6.92 Å². The molecule has 1 aliphatic heterocycles. The first kappa shape index (κ1) is 13.1. The van der Waals surface area contributed by atoms with E-state index in [2.05, 4.69) is 17.4 Å². The number of aryl methyl sites for hydroxylation is 1. The van der Waals surface area contributed by atoms with E-state index in [4.69, 9.17) is 4.52 Å². The topological polar surface area (TPSA) is 75.4 Å². The molecule has 1 saturated heterocycles. The lowest BCUT2D eigenvalue weighted by Crippen LogP contribution is -2.49. The number of hydrogen-bond donors (Lipinski definition) is 1. The Labute approximate surface area is 117 Å². The number of aromatic nitrogens is 1. The van der Waals surface area contributed by atoms with E-state index in [0.717, 1.165) is 31.4 Å². The van der Waals surface area contributed by atoms with Gasteiger partial charge in [-0.15, -0.1) is 0 Å². The molecule has 1 aromatic rings. The summed E-state index contributed by atoms with van der Waals surface area (Å²) in [6.45, 7) is 4.15. The SMILES string of the molecule is Cc1cc(CN2C(=O)NC3(CCC(C)CC3)C2=O)on1. The first-order chi connectivity index (χ1) is 9.50. The van der Waals surface area contributed by atoms with Gasteiger partial charge in [0.1, 0.15) is 5.54 Å². The lowest BCUT2D eigenvalue weighted by Gasteiger charge is -2.33. The molecule has 0 radical (unpaired) electrons. The molecule has 1 aromatic heterocycles. The smallest absolute Gasteiger partial charge is 0.325 e. The van der Waals surface area contributed by atoms with Crippen LogP contribution in [0.4, 0.5) is 4.79 Å². The first-order valence-corrected chi connectivity index (χ1v) is 7.06. The molecular weight excluding hydrogens is 258 g/mol. The van der Waals surface area contributed by atoms with Gasteiger partial charge in [-0.3, -0.25) is 9.69 Å². The molecule has 0 aromatic carbocycles. The Morgan fingerprint density at radius 2 is 2.15 bits per heavy atom. The summed E-state index contributed by atoms with van der Waals surface area (Å²) in [7, 11) is 0. The van der Waals surface area contributed by atoms with Crippen molar-refractivity contribution in [2.75, 3.05) is 0 Å². The predicted molar refractivity (Wildman–Crippen MR) is 70.7 cm³/mol. The van der Waals surface area contributed by atoms with Gasteiger partial charge in [-0.25, -0.2) is 4.79 Å². The van der Waals surface area contributed by atoms with Crippen molar-refractivity contribution >= 4 is 11.9 Å². The van der Waals surface area contributed by atoms with Crippen LogP contribution in [0.15, 0.2) is 10.6 Å². The molecule has 20 heavy (non-hydrogen) atoms. The third-order valence-electron chi connectivity index (χ3n) is 4.36. The van der Waals surface area contributed by atoms with Crippen LogP contribution in [0.1, 0.15) is 44.1 Å². The molecule has 6 heteroatoms. The molecule has 1 spiro atoms. The molecule has 0 atom stereocenters. The lowest BCUT2D eigenvalue weighted by molar-refractivity contribution is -0.133. The van der Waals surface area contributed by atoms with Gasteiger partial charge in [0.25, 0.3) is 5.91 Å². The van der Waals surface area contributed by atoms with Gasteiger partial charge in [-0.2, -0.15) is 0 Å². The summed E-state index contributed by atoms with van der Waals surface area (Å²) < 4.78 is 5.09. The van der Waals surface area contributed by atoms with Crippen LogP contribution in [0.25, 0.3) is 0 Å². The normalized spacial score (nSPS) is 30.1. The van der Waals surface area contributed by atoms with Gasteiger partial charge in [-0.1, -0.05) is 12.1 Å². The molecule has 1 saturated carbocycles. The van der Waals surface area contributed by atoms with E-state index in [1.54, 1.807) is 6.07 Å². The van der Waals surface area contributed by atoms with Crippen molar-refractivity contribution in [1.82, 2.24) is 15.4 Å². The second kappa shape index (κ2) is 4.61. The number of nitrogens with zero attached hydrogens (tertiary/aromatic N) is 2. The molecule has 0 unspecified atom stereocenters. The minimum Gasteiger partial charge on any atom is -0.359 e. The molecule has 3 amide bonds. The quantitative estimate of drug-likeness (QED) is 0.839. The molecule has 2 fully saturated rings. The fourth-order valence-electron chi connectivity index (χ4n) is 3.06. The largest absolute Gasteiger partial charge is 0.359 e. The molecule has 1 N–H and O–H groups in total. The van der Waals surface area contributed by atoms with E-state index in [0.29, 0.717) is 11.7 Å². The number of carbonyl (C=O) groups is 2. The second-order valence-corrected chi connectivity index (χ2v) is 6.02. The summed E-state index contributed by atoms with van der Waals surface area (Å²) >= 11 is 0. The maximum atomic E-state index is 12.6. The average molecular weight is 277 g/mol. The maximum Gasteiger partial charge on any atom is 0.325 e. The van der Waals surface area contributed by atoms with Crippen molar-refractivity contribution in [2.45, 2.75) is 51.6 Å². The van der Waals surface area contributed by atoms with Crippen LogP contribution in [0, 0.1) is 12.8 Å². The zero-order valence-electron chi connectivity index (χ0n) is 11.8. The Morgan fingerprint density at radius 1 is 1.45 bits per heavy atom. The maximum absolute atomic E-state index is 12.6. The summed E-state index contributed by atoms with van der Waals surface area (Å²) in [5, 5.41) is 6.67. The van der Waals surface area contributed by atoms with Gasteiger partial charge in [-0.05, 0) is 38.5 Å². The first-order valence-electron chi connectivity index (χ1n) is 7.06.